The third kappa shape index (κ3) is 3.60. The van der Waals surface area contributed by atoms with Crippen molar-refractivity contribution < 1.29 is 9.26 Å². The number of ether oxygens (including phenoxy) is 1. The zero-order chi connectivity index (χ0) is 14.7. The second-order valence-corrected chi connectivity index (χ2v) is 6.24. The summed E-state index contributed by atoms with van der Waals surface area (Å²) < 4.78 is 12.0. The van der Waals surface area contributed by atoms with E-state index in [0.717, 1.165) is 15.8 Å². The van der Waals surface area contributed by atoms with Crippen molar-refractivity contribution in [3.63, 3.8) is 0 Å². The van der Waals surface area contributed by atoms with Gasteiger partial charge in [-0.3, -0.25) is 0 Å². The second kappa shape index (κ2) is 6.39. The summed E-state index contributed by atoms with van der Waals surface area (Å²) in [5.41, 5.74) is 1.16. The molecular weight excluding hydrogens is 320 g/mol. The van der Waals surface area contributed by atoms with Gasteiger partial charge in [-0.1, -0.05) is 48.8 Å². The zero-order valence-electron chi connectivity index (χ0n) is 12.2. The third-order valence-electron chi connectivity index (χ3n) is 2.93. The highest BCUT2D eigenvalue weighted by Crippen LogP contribution is 2.30. The van der Waals surface area contributed by atoms with E-state index in [-0.39, 0.29) is 5.92 Å². The van der Waals surface area contributed by atoms with Crippen LogP contribution in [0.25, 0.3) is 0 Å². The molecule has 0 spiro atoms. The summed E-state index contributed by atoms with van der Waals surface area (Å²) in [6.07, 6.45) is 0. The Bertz CT molecular complexity index is 579. The predicted octanol–water partition coefficient (Wildman–Crippen LogP) is 4.66. The van der Waals surface area contributed by atoms with Gasteiger partial charge in [-0.25, -0.2) is 0 Å². The predicted molar refractivity (Wildman–Crippen MR) is 81.0 cm³/mol. The van der Waals surface area contributed by atoms with Gasteiger partial charge in [0.15, 0.2) is 6.61 Å². The maximum atomic E-state index is 5.83. The average molecular weight is 339 g/mol. The number of aromatic nitrogens is 2. The van der Waals surface area contributed by atoms with Gasteiger partial charge in [0, 0.05) is 10.4 Å². The molecule has 20 heavy (non-hydrogen) atoms. The van der Waals surface area contributed by atoms with Crippen molar-refractivity contribution in [2.75, 3.05) is 0 Å². The first-order chi connectivity index (χ1) is 9.47. The molecule has 0 saturated heterocycles. The molecule has 0 aliphatic rings. The molecule has 0 amide bonds. The number of rotatable bonds is 5. The molecule has 0 fully saturated rings. The first-order valence-electron chi connectivity index (χ1n) is 6.72. The first kappa shape index (κ1) is 15.0. The second-order valence-electron chi connectivity index (χ2n) is 5.33. The summed E-state index contributed by atoms with van der Waals surface area (Å²) in [4.78, 5) is 4.30. The number of hydrogen-bond donors (Lipinski definition) is 0. The molecule has 0 aliphatic carbocycles. The molecule has 108 valence electrons. The van der Waals surface area contributed by atoms with Crippen LogP contribution in [0.2, 0.25) is 0 Å². The molecule has 0 bridgehead atoms. The summed E-state index contributed by atoms with van der Waals surface area (Å²) in [7, 11) is 0. The molecule has 0 unspecified atom stereocenters. The SMILES string of the molecule is CC(C)c1nc(COc2ccc(Br)cc2C(C)C)no1. The molecule has 4 nitrogen and oxygen atoms in total. The van der Waals surface area contributed by atoms with E-state index in [4.69, 9.17) is 9.26 Å². The lowest BCUT2D eigenvalue weighted by Gasteiger charge is -2.13. The number of benzene rings is 1. The number of nitrogens with zero attached hydrogens (tertiary/aromatic N) is 2. The van der Waals surface area contributed by atoms with Gasteiger partial charge in [-0.15, -0.1) is 0 Å². The van der Waals surface area contributed by atoms with Gasteiger partial charge >= 0.3 is 0 Å². The van der Waals surface area contributed by atoms with Crippen molar-refractivity contribution in [3.8, 4) is 5.75 Å². The van der Waals surface area contributed by atoms with Crippen LogP contribution in [-0.4, -0.2) is 10.1 Å². The van der Waals surface area contributed by atoms with Gasteiger partial charge in [0.2, 0.25) is 11.7 Å². The molecule has 5 heteroatoms. The maximum Gasteiger partial charge on any atom is 0.229 e. The standard InChI is InChI=1S/C15H19BrN2O2/c1-9(2)12-7-11(16)5-6-13(12)19-8-14-17-15(10(3)4)20-18-14/h5-7,9-10H,8H2,1-4H3. The lowest BCUT2D eigenvalue weighted by atomic mass is 10.0. The highest BCUT2D eigenvalue weighted by atomic mass is 79.9. The van der Waals surface area contributed by atoms with Crippen LogP contribution in [0.4, 0.5) is 0 Å². The summed E-state index contributed by atoms with van der Waals surface area (Å²) >= 11 is 3.48. The van der Waals surface area contributed by atoms with Gasteiger partial charge in [0.25, 0.3) is 0 Å². The summed E-state index contributed by atoms with van der Waals surface area (Å²) in [6, 6.07) is 6.01. The molecule has 0 radical (unpaired) electrons. The summed E-state index contributed by atoms with van der Waals surface area (Å²) in [5, 5.41) is 3.92. The van der Waals surface area contributed by atoms with Crippen molar-refractivity contribution in [3.05, 3.63) is 40.0 Å². The molecule has 1 aromatic heterocycles. The molecule has 0 atom stereocenters. The Morgan fingerprint density at radius 3 is 2.55 bits per heavy atom. The van der Waals surface area contributed by atoms with Gasteiger partial charge < -0.3 is 9.26 Å². The first-order valence-corrected chi connectivity index (χ1v) is 7.51. The fourth-order valence-corrected chi connectivity index (χ4v) is 2.18. The Morgan fingerprint density at radius 2 is 1.95 bits per heavy atom. The van der Waals surface area contributed by atoms with E-state index in [0.29, 0.717) is 24.2 Å². The number of hydrogen-bond acceptors (Lipinski definition) is 4. The Morgan fingerprint density at radius 1 is 1.20 bits per heavy atom. The van der Waals surface area contributed by atoms with E-state index in [9.17, 15) is 0 Å². The van der Waals surface area contributed by atoms with Crippen LogP contribution in [0.5, 0.6) is 5.75 Å². The Balaban J connectivity index is 2.10. The molecule has 0 saturated carbocycles. The van der Waals surface area contributed by atoms with Crippen molar-refractivity contribution in [2.45, 2.75) is 46.1 Å². The largest absolute Gasteiger partial charge is 0.485 e. The molecule has 1 heterocycles. The van der Waals surface area contributed by atoms with Gasteiger partial charge in [0.05, 0.1) is 0 Å². The fraction of sp³-hybridized carbons (Fsp3) is 0.467. The molecule has 1 aromatic carbocycles. The monoisotopic (exact) mass is 338 g/mol. The highest BCUT2D eigenvalue weighted by molar-refractivity contribution is 9.10. The molecule has 0 N–H and O–H groups in total. The van der Waals surface area contributed by atoms with Crippen molar-refractivity contribution >= 4 is 15.9 Å². The van der Waals surface area contributed by atoms with Crippen molar-refractivity contribution in [1.29, 1.82) is 0 Å². The number of halogens is 1. The van der Waals surface area contributed by atoms with Crippen molar-refractivity contribution in [2.24, 2.45) is 0 Å². The highest BCUT2D eigenvalue weighted by Gasteiger charge is 2.12. The molecule has 2 aromatic rings. The third-order valence-corrected chi connectivity index (χ3v) is 3.42. The van der Waals surface area contributed by atoms with E-state index < -0.39 is 0 Å². The van der Waals surface area contributed by atoms with E-state index in [1.165, 1.54) is 0 Å². The Hall–Kier alpha value is -1.36. The summed E-state index contributed by atoms with van der Waals surface area (Å²) in [6.45, 7) is 8.63. The Labute approximate surface area is 127 Å². The fourth-order valence-electron chi connectivity index (χ4n) is 1.80. The van der Waals surface area contributed by atoms with Gasteiger partial charge in [-0.05, 0) is 29.7 Å². The normalized spacial score (nSPS) is 11.3. The molecule has 2 rings (SSSR count). The van der Waals surface area contributed by atoms with E-state index in [1.807, 2.05) is 26.0 Å². The van der Waals surface area contributed by atoms with E-state index >= 15 is 0 Å². The smallest absolute Gasteiger partial charge is 0.229 e. The Kier molecular flexibility index (Phi) is 4.81. The van der Waals surface area contributed by atoms with Crippen LogP contribution in [0.3, 0.4) is 0 Å². The van der Waals surface area contributed by atoms with Crippen LogP contribution in [0.1, 0.15) is 56.8 Å². The van der Waals surface area contributed by atoms with Crippen LogP contribution in [0.15, 0.2) is 27.2 Å². The van der Waals surface area contributed by atoms with Gasteiger partial charge in [0.1, 0.15) is 5.75 Å². The minimum absolute atomic E-state index is 0.232. The van der Waals surface area contributed by atoms with Crippen LogP contribution < -0.4 is 4.74 Å². The van der Waals surface area contributed by atoms with Crippen LogP contribution in [-0.2, 0) is 6.61 Å². The average Bonchev–Trinajstić information content (AvgIpc) is 2.86. The van der Waals surface area contributed by atoms with Gasteiger partial charge in [-0.2, -0.15) is 4.98 Å². The van der Waals surface area contributed by atoms with E-state index in [1.54, 1.807) is 0 Å². The van der Waals surface area contributed by atoms with Crippen LogP contribution in [0, 0.1) is 0 Å². The van der Waals surface area contributed by atoms with E-state index in [2.05, 4.69) is 46.0 Å². The van der Waals surface area contributed by atoms with Crippen LogP contribution >= 0.6 is 15.9 Å². The lowest BCUT2D eigenvalue weighted by molar-refractivity contribution is 0.281. The summed E-state index contributed by atoms with van der Waals surface area (Å²) in [5.74, 6) is 2.70. The molecular formula is C15H19BrN2O2. The quantitative estimate of drug-likeness (QED) is 0.795. The lowest BCUT2D eigenvalue weighted by Crippen LogP contribution is -2.01. The zero-order valence-corrected chi connectivity index (χ0v) is 13.8. The molecule has 0 aliphatic heterocycles. The van der Waals surface area contributed by atoms with Crippen molar-refractivity contribution in [1.82, 2.24) is 10.1 Å². The topological polar surface area (TPSA) is 48.2 Å². The minimum Gasteiger partial charge on any atom is -0.485 e. The maximum absolute atomic E-state index is 5.83. The minimum atomic E-state index is 0.232.